The third kappa shape index (κ3) is 5.69. The van der Waals surface area contributed by atoms with Gasteiger partial charge in [0.15, 0.2) is 0 Å². The first-order valence-electron chi connectivity index (χ1n) is 6.68. The number of methoxy groups -OCH3 is 1. The highest BCUT2D eigenvalue weighted by Crippen LogP contribution is 2.07. The molecule has 1 atom stereocenters. The van der Waals surface area contributed by atoms with Crippen molar-refractivity contribution in [3.05, 3.63) is 35.4 Å². The molecule has 0 bridgehead atoms. The number of carbonyl (C=O) groups is 1. The van der Waals surface area contributed by atoms with E-state index in [0.29, 0.717) is 12.2 Å². The first-order chi connectivity index (χ1) is 9.56. The predicted molar refractivity (Wildman–Crippen MR) is 76.6 cm³/mol. The molecule has 1 aromatic carbocycles. The number of benzene rings is 1. The van der Waals surface area contributed by atoms with E-state index < -0.39 is 6.04 Å². The largest absolute Gasteiger partial charge is 0.394 e. The van der Waals surface area contributed by atoms with Crippen LogP contribution < -0.4 is 5.32 Å². The van der Waals surface area contributed by atoms with Crippen molar-refractivity contribution in [3.8, 4) is 0 Å². The molecular weight excluding hydrogens is 258 g/mol. The summed E-state index contributed by atoms with van der Waals surface area (Å²) in [7, 11) is 1.53. The maximum Gasteiger partial charge on any atom is 0.251 e. The minimum absolute atomic E-state index is 0.153. The zero-order valence-corrected chi connectivity index (χ0v) is 12.3. The number of aliphatic hydroxyl groups excluding tert-OH is 1. The van der Waals surface area contributed by atoms with E-state index in [0.717, 1.165) is 5.56 Å². The van der Waals surface area contributed by atoms with E-state index in [1.165, 1.54) is 7.11 Å². The molecule has 1 unspecified atom stereocenters. The van der Waals surface area contributed by atoms with Gasteiger partial charge in [-0.2, -0.15) is 0 Å². The van der Waals surface area contributed by atoms with E-state index in [-0.39, 0.29) is 25.2 Å². The molecule has 0 aromatic heterocycles. The number of carbonyl (C=O) groups excluding carboxylic acids is 1. The Morgan fingerprint density at radius 2 is 1.95 bits per heavy atom. The van der Waals surface area contributed by atoms with E-state index in [2.05, 4.69) is 5.32 Å². The third-order valence-corrected chi connectivity index (χ3v) is 2.72. The topological polar surface area (TPSA) is 67.8 Å². The lowest BCUT2D eigenvalue weighted by molar-refractivity contribution is 0.0656. The van der Waals surface area contributed by atoms with Gasteiger partial charge in [0.25, 0.3) is 5.91 Å². The van der Waals surface area contributed by atoms with E-state index in [1.54, 1.807) is 12.1 Å². The molecule has 0 saturated carbocycles. The van der Waals surface area contributed by atoms with Crippen molar-refractivity contribution in [1.82, 2.24) is 5.32 Å². The van der Waals surface area contributed by atoms with Crippen LogP contribution in [0, 0.1) is 0 Å². The molecule has 0 aliphatic carbocycles. The van der Waals surface area contributed by atoms with Gasteiger partial charge >= 0.3 is 0 Å². The van der Waals surface area contributed by atoms with Crippen molar-refractivity contribution in [2.75, 3.05) is 20.3 Å². The van der Waals surface area contributed by atoms with Gasteiger partial charge in [-0.25, -0.2) is 0 Å². The zero-order valence-electron chi connectivity index (χ0n) is 12.3. The van der Waals surface area contributed by atoms with Gasteiger partial charge in [-0.1, -0.05) is 12.1 Å². The molecule has 20 heavy (non-hydrogen) atoms. The Kier molecular flexibility index (Phi) is 7.22. The molecule has 0 heterocycles. The summed E-state index contributed by atoms with van der Waals surface area (Å²) in [6.45, 7) is 4.62. The fourth-order valence-corrected chi connectivity index (χ4v) is 1.63. The second-order valence-electron chi connectivity index (χ2n) is 4.86. The van der Waals surface area contributed by atoms with Crippen LogP contribution in [0.4, 0.5) is 0 Å². The summed E-state index contributed by atoms with van der Waals surface area (Å²) in [4.78, 5) is 12.0. The lowest BCUT2D eigenvalue weighted by Gasteiger charge is -2.15. The molecule has 1 amide bonds. The summed E-state index contributed by atoms with van der Waals surface area (Å²) in [6.07, 6.45) is 0.178. The Morgan fingerprint density at radius 3 is 2.45 bits per heavy atom. The van der Waals surface area contributed by atoms with E-state index in [9.17, 15) is 4.79 Å². The Bertz CT molecular complexity index is 403. The fourth-order valence-electron chi connectivity index (χ4n) is 1.63. The van der Waals surface area contributed by atoms with Crippen molar-refractivity contribution in [1.29, 1.82) is 0 Å². The summed E-state index contributed by atoms with van der Waals surface area (Å²) >= 11 is 0. The number of hydrogen-bond acceptors (Lipinski definition) is 4. The Balaban J connectivity index is 2.56. The summed E-state index contributed by atoms with van der Waals surface area (Å²) in [6, 6.07) is 6.82. The second kappa shape index (κ2) is 8.68. The maximum absolute atomic E-state index is 12.0. The van der Waals surface area contributed by atoms with Gasteiger partial charge in [0.2, 0.25) is 0 Å². The van der Waals surface area contributed by atoms with Crippen LogP contribution in [0.15, 0.2) is 24.3 Å². The highest BCUT2D eigenvalue weighted by Gasteiger charge is 2.12. The predicted octanol–water partition coefficient (Wildman–Crippen LogP) is 1.35. The van der Waals surface area contributed by atoms with Gasteiger partial charge in [0, 0.05) is 12.7 Å². The molecule has 0 aliphatic rings. The summed E-state index contributed by atoms with van der Waals surface area (Å²) in [5, 5.41) is 11.8. The SMILES string of the molecule is COCC(CO)NC(=O)c1ccc(COC(C)C)cc1. The molecule has 5 heteroatoms. The van der Waals surface area contributed by atoms with Gasteiger partial charge in [-0.3, -0.25) is 4.79 Å². The lowest BCUT2D eigenvalue weighted by atomic mass is 10.1. The second-order valence-corrected chi connectivity index (χ2v) is 4.86. The van der Waals surface area contributed by atoms with Gasteiger partial charge < -0.3 is 19.9 Å². The van der Waals surface area contributed by atoms with Gasteiger partial charge in [-0.05, 0) is 31.5 Å². The molecule has 5 nitrogen and oxygen atoms in total. The normalized spacial score (nSPS) is 12.4. The van der Waals surface area contributed by atoms with Crippen LogP contribution in [-0.4, -0.2) is 43.5 Å². The van der Waals surface area contributed by atoms with Gasteiger partial charge in [0.05, 0.1) is 32.0 Å². The van der Waals surface area contributed by atoms with Crippen LogP contribution in [0.2, 0.25) is 0 Å². The Hall–Kier alpha value is -1.43. The first kappa shape index (κ1) is 16.6. The van der Waals surface area contributed by atoms with Crippen molar-refractivity contribution in [2.45, 2.75) is 32.6 Å². The molecule has 1 rings (SSSR count). The van der Waals surface area contributed by atoms with Crippen molar-refractivity contribution < 1.29 is 19.4 Å². The molecule has 2 N–H and O–H groups in total. The van der Waals surface area contributed by atoms with Gasteiger partial charge in [-0.15, -0.1) is 0 Å². The number of hydrogen-bond donors (Lipinski definition) is 2. The number of amides is 1. The first-order valence-corrected chi connectivity index (χ1v) is 6.68. The van der Waals surface area contributed by atoms with Crippen LogP contribution in [0.5, 0.6) is 0 Å². The van der Waals surface area contributed by atoms with E-state index in [1.807, 2.05) is 26.0 Å². The molecule has 0 saturated heterocycles. The minimum atomic E-state index is -0.392. The van der Waals surface area contributed by atoms with Crippen LogP contribution in [0.25, 0.3) is 0 Å². The average molecular weight is 281 g/mol. The van der Waals surface area contributed by atoms with Crippen molar-refractivity contribution >= 4 is 5.91 Å². The van der Waals surface area contributed by atoms with Crippen molar-refractivity contribution in [3.63, 3.8) is 0 Å². The van der Waals surface area contributed by atoms with E-state index in [4.69, 9.17) is 14.6 Å². The minimum Gasteiger partial charge on any atom is -0.394 e. The number of nitrogens with one attached hydrogen (secondary N) is 1. The quantitative estimate of drug-likeness (QED) is 0.755. The number of ether oxygens (including phenoxy) is 2. The Morgan fingerprint density at radius 1 is 1.30 bits per heavy atom. The number of rotatable bonds is 8. The highest BCUT2D eigenvalue weighted by atomic mass is 16.5. The zero-order chi connectivity index (χ0) is 15.0. The highest BCUT2D eigenvalue weighted by molar-refractivity contribution is 5.94. The van der Waals surface area contributed by atoms with E-state index >= 15 is 0 Å². The monoisotopic (exact) mass is 281 g/mol. The smallest absolute Gasteiger partial charge is 0.251 e. The maximum atomic E-state index is 12.0. The summed E-state index contributed by atoms with van der Waals surface area (Å²) in [5.41, 5.74) is 1.57. The van der Waals surface area contributed by atoms with Crippen LogP contribution in [-0.2, 0) is 16.1 Å². The molecule has 0 aliphatic heterocycles. The molecule has 1 aromatic rings. The fraction of sp³-hybridized carbons (Fsp3) is 0.533. The lowest BCUT2D eigenvalue weighted by Crippen LogP contribution is -2.40. The molecular formula is C15H23NO4. The van der Waals surface area contributed by atoms with Crippen LogP contribution in [0.3, 0.4) is 0 Å². The molecule has 0 fully saturated rings. The number of aliphatic hydroxyl groups is 1. The summed E-state index contributed by atoms with van der Waals surface area (Å²) < 4.78 is 10.4. The molecule has 0 radical (unpaired) electrons. The molecule has 112 valence electrons. The van der Waals surface area contributed by atoms with Crippen LogP contribution in [0.1, 0.15) is 29.8 Å². The van der Waals surface area contributed by atoms with Crippen molar-refractivity contribution in [2.24, 2.45) is 0 Å². The Labute approximate surface area is 119 Å². The third-order valence-electron chi connectivity index (χ3n) is 2.72. The van der Waals surface area contributed by atoms with Crippen LogP contribution >= 0.6 is 0 Å². The van der Waals surface area contributed by atoms with Gasteiger partial charge in [0.1, 0.15) is 0 Å². The standard InChI is InChI=1S/C15H23NO4/c1-11(2)20-9-12-4-6-13(7-5-12)15(18)16-14(8-17)10-19-3/h4-7,11,14,17H,8-10H2,1-3H3,(H,16,18). The molecule has 0 spiro atoms. The average Bonchev–Trinajstić information content (AvgIpc) is 2.45. The summed E-state index contributed by atoms with van der Waals surface area (Å²) in [5.74, 6) is -0.225.